The van der Waals surface area contributed by atoms with Crippen molar-refractivity contribution in [3.8, 4) is 17.2 Å². The summed E-state index contributed by atoms with van der Waals surface area (Å²) >= 11 is 0. The van der Waals surface area contributed by atoms with Gasteiger partial charge in [-0.25, -0.2) is 0 Å². The van der Waals surface area contributed by atoms with Crippen LogP contribution in [0.25, 0.3) is 0 Å². The molecular weight excluding hydrogens is 208 g/mol. The molecule has 0 atom stereocenters. The van der Waals surface area contributed by atoms with Crippen LogP contribution in [-0.2, 0) is 0 Å². The largest absolute Gasteiger partial charge is 0.497 e. The third-order valence-electron chi connectivity index (χ3n) is 2.50. The highest BCUT2D eigenvalue weighted by Crippen LogP contribution is 2.35. The average molecular weight is 224 g/mol. The van der Waals surface area contributed by atoms with Gasteiger partial charge in [-0.05, 0) is 11.3 Å². The Bertz CT molecular complexity index is 382. The molecular formula is C11H16O3Si. The van der Waals surface area contributed by atoms with E-state index in [4.69, 9.17) is 14.2 Å². The normalized spacial score (nSPS) is 14.1. The molecule has 0 saturated carbocycles. The zero-order chi connectivity index (χ0) is 11.1. The minimum absolute atomic E-state index is 0.313. The number of fused-ring (bicyclic) bond motifs is 1. The molecule has 4 heteroatoms. The Kier molecular flexibility index (Phi) is 2.38. The molecule has 1 aromatic carbocycles. The molecule has 0 N–H and O–H groups in total. The van der Waals surface area contributed by atoms with Gasteiger partial charge in [-0.15, -0.1) is 0 Å². The summed E-state index contributed by atoms with van der Waals surface area (Å²) in [4.78, 5) is 0. The molecule has 0 fully saturated rings. The smallest absolute Gasteiger partial charge is 0.231 e. The van der Waals surface area contributed by atoms with Crippen LogP contribution in [-0.4, -0.2) is 22.0 Å². The van der Waals surface area contributed by atoms with Gasteiger partial charge in [0.05, 0.1) is 15.2 Å². The van der Waals surface area contributed by atoms with Crippen molar-refractivity contribution in [2.45, 2.75) is 19.6 Å². The number of methoxy groups -OCH3 is 1. The van der Waals surface area contributed by atoms with Crippen molar-refractivity contribution in [2.24, 2.45) is 0 Å². The second kappa shape index (κ2) is 3.45. The highest BCUT2D eigenvalue weighted by Gasteiger charge is 2.25. The van der Waals surface area contributed by atoms with Gasteiger partial charge in [0, 0.05) is 6.07 Å². The van der Waals surface area contributed by atoms with E-state index in [1.807, 2.05) is 6.07 Å². The van der Waals surface area contributed by atoms with Crippen LogP contribution in [0.2, 0.25) is 19.6 Å². The van der Waals surface area contributed by atoms with Crippen LogP contribution < -0.4 is 19.4 Å². The van der Waals surface area contributed by atoms with E-state index in [9.17, 15) is 0 Å². The van der Waals surface area contributed by atoms with Crippen LogP contribution >= 0.6 is 0 Å². The Morgan fingerprint density at radius 3 is 2.27 bits per heavy atom. The van der Waals surface area contributed by atoms with Crippen molar-refractivity contribution in [1.82, 2.24) is 0 Å². The van der Waals surface area contributed by atoms with Crippen molar-refractivity contribution in [1.29, 1.82) is 0 Å². The molecule has 0 bridgehead atoms. The number of hydrogen-bond acceptors (Lipinski definition) is 3. The highest BCUT2D eigenvalue weighted by molar-refractivity contribution is 6.89. The Morgan fingerprint density at radius 2 is 1.73 bits per heavy atom. The number of rotatable bonds is 2. The fourth-order valence-corrected chi connectivity index (χ4v) is 3.16. The molecule has 1 aliphatic rings. The summed E-state index contributed by atoms with van der Waals surface area (Å²) in [5.74, 6) is 2.54. The first-order valence-corrected chi connectivity index (χ1v) is 8.50. The first-order valence-electron chi connectivity index (χ1n) is 5.00. The van der Waals surface area contributed by atoms with Crippen LogP contribution in [0, 0.1) is 0 Å². The Hall–Kier alpha value is -1.16. The number of ether oxygens (including phenoxy) is 3. The van der Waals surface area contributed by atoms with E-state index >= 15 is 0 Å². The van der Waals surface area contributed by atoms with E-state index in [0.717, 1.165) is 17.2 Å². The molecule has 1 heterocycles. The van der Waals surface area contributed by atoms with Crippen LogP contribution in [0.3, 0.4) is 0 Å². The van der Waals surface area contributed by atoms with E-state index < -0.39 is 8.07 Å². The minimum Gasteiger partial charge on any atom is -0.497 e. The summed E-state index contributed by atoms with van der Waals surface area (Å²) in [6.45, 7) is 7.17. The van der Waals surface area contributed by atoms with Crippen LogP contribution in [0.4, 0.5) is 0 Å². The second-order valence-electron chi connectivity index (χ2n) is 4.66. The van der Waals surface area contributed by atoms with Crippen molar-refractivity contribution in [3.05, 3.63) is 12.1 Å². The predicted molar refractivity (Wildman–Crippen MR) is 62.1 cm³/mol. The van der Waals surface area contributed by atoms with Crippen molar-refractivity contribution in [2.75, 3.05) is 13.9 Å². The van der Waals surface area contributed by atoms with Gasteiger partial charge in [0.1, 0.15) is 5.75 Å². The van der Waals surface area contributed by atoms with Gasteiger partial charge >= 0.3 is 0 Å². The zero-order valence-corrected chi connectivity index (χ0v) is 10.6. The molecule has 3 nitrogen and oxygen atoms in total. The van der Waals surface area contributed by atoms with Crippen LogP contribution in [0.15, 0.2) is 12.1 Å². The first kappa shape index (κ1) is 10.4. The van der Waals surface area contributed by atoms with Crippen molar-refractivity contribution < 1.29 is 14.2 Å². The molecule has 0 amide bonds. The molecule has 1 aliphatic heterocycles. The molecule has 1 aromatic rings. The van der Waals surface area contributed by atoms with E-state index in [2.05, 4.69) is 25.7 Å². The monoisotopic (exact) mass is 224 g/mol. The summed E-state index contributed by atoms with van der Waals surface area (Å²) in [7, 11) is 0.293. The zero-order valence-electron chi connectivity index (χ0n) is 9.59. The lowest BCUT2D eigenvalue weighted by Gasteiger charge is -2.20. The number of benzene rings is 1. The Balaban J connectivity index is 2.54. The fraction of sp³-hybridized carbons (Fsp3) is 0.455. The molecule has 82 valence electrons. The third kappa shape index (κ3) is 1.81. The topological polar surface area (TPSA) is 27.7 Å². The van der Waals surface area contributed by atoms with Crippen molar-refractivity contribution >= 4 is 13.3 Å². The van der Waals surface area contributed by atoms with E-state index in [1.165, 1.54) is 5.19 Å². The van der Waals surface area contributed by atoms with Gasteiger partial charge in [-0.1, -0.05) is 19.6 Å². The van der Waals surface area contributed by atoms with E-state index in [1.54, 1.807) is 7.11 Å². The summed E-state index contributed by atoms with van der Waals surface area (Å²) in [6.07, 6.45) is 0. The third-order valence-corrected chi connectivity index (χ3v) is 4.51. The van der Waals surface area contributed by atoms with Crippen molar-refractivity contribution in [3.63, 3.8) is 0 Å². The SMILES string of the molecule is COc1cc2c(cc1[Si](C)(C)C)OCO2. The van der Waals surface area contributed by atoms with Gasteiger partial charge in [0.15, 0.2) is 11.5 Å². The molecule has 0 unspecified atom stereocenters. The fourth-order valence-electron chi connectivity index (χ4n) is 1.68. The summed E-state index contributed by atoms with van der Waals surface area (Å²) < 4.78 is 16.1. The van der Waals surface area contributed by atoms with E-state index in [0.29, 0.717) is 6.79 Å². The standard InChI is InChI=1S/C11H16O3Si/c1-12-10-5-8-9(14-7-13-8)6-11(10)15(2,3)4/h5-6H,7H2,1-4H3. The maximum absolute atomic E-state index is 5.40. The molecule has 0 aromatic heterocycles. The lowest BCUT2D eigenvalue weighted by atomic mass is 10.3. The minimum atomic E-state index is -1.40. The van der Waals surface area contributed by atoms with E-state index in [-0.39, 0.29) is 0 Å². The Labute approximate surface area is 91.0 Å². The van der Waals surface area contributed by atoms with Gasteiger partial charge in [0.2, 0.25) is 6.79 Å². The van der Waals surface area contributed by atoms with Crippen LogP contribution in [0.1, 0.15) is 0 Å². The van der Waals surface area contributed by atoms with Gasteiger partial charge < -0.3 is 14.2 Å². The summed E-state index contributed by atoms with van der Waals surface area (Å²) in [6, 6.07) is 3.99. The Morgan fingerprint density at radius 1 is 1.13 bits per heavy atom. The molecule has 0 saturated heterocycles. The molecule has 0 radical (unpaired) electrons. The summed E-state index contributed by atoms with van der Waals surface area (Å²) in [5.41, 5.74) is 0. The first-order chi connectivity index (χ1) is 7.02. The van der Waals surface area contributed by atoms with Gasteiger partial charge in [-0.2, -0.15) is 0 Å². The second-order valence-corrected chi connectivity index (χ2v) is 9.69. The maximum Gasteiger partial charge on any atom is 0.231 e. The highest BCUT2D eigenvalue weighted by atomic mass is 28.3. The molecule has 0 spiro atoms. The van der Waals surface area contributed by atoms with Gasteiger partial charge in [-0.3, -0.25) is 0 Å². The summed E-state index contributed by atoms with van der Waals surface area (Å²) in [5, 5.41) is 1.27. The van der Waals surface area contributed by atoms with Gasteiger partial charge in [0.25, 0.3) is 0 Å². The predicted octanol–water partition coefficient (Wildman–Crippen LogP) is 1.97. The number of hydrogen-bond donors (Lipinski definition) is 0. The average Bonchev–Trinajstić information content (AvgIpc) is 2.60. The molecule has 0 aliphatic carbocycles. The van der Waals surface area contributed by atoms with Crippen LogP contribution in [0.5, 0.6) is 17.2 Å². The lowest BCUT2D eigenvalue weighted by molar-refractivity contribution is 0.174. The molecule has 2 rings (SSSR count). The molecule has 15 heavy (non-hydrogen) atoms. The lowest BCUT2D eigenvalue weighted by Crippen LogP contribution is -2.38. The maximum atomic E-state index is 5.40. The quantitative estimate of drug-likeness (QED) is 0.719.